The van der Waals surface area contributed by atoms with Crippen LogP contribution < -0.4 is 5.32 Å². The summed E-state index contributed by atoms with van der Waals surface area (Å²) in [6.07, 6.45) is 4.58. The second-order valence-electron chi connectivity index (χ2n) is 6.08. The van der Waals surface area contributed by atoms with Crippen LogP contribution in [0.1, 0.15) is 11.1 Å². The highest BCUT2D eigenvalue weighted by Crippen LogP contribution is 2.06. The first-order valence-electron chi connectivity index (χ1n) is 8.49. The number of nitrogens with zero attached hydrogens (tertiary/aromatic N) is 3. The molecular weight excluding hydrogens is 300 g/mol. The lowest BCUT2D eigenvalue weighted by Gasteiger charge is -2.34. The number of rotatable bonds is 5. The molecule has 1 fully saturated rings. The Morgan fingerprint density at radius 3 is 2.46 bits per heavy atom. The molecule has 0 radical (unpaired) electrons. The quantitative estimate of drug-likeness (QED) is 0.917. The van der Waals surface area contributed by atoms with E-state index >= 15 is 0 Å². The molecule has 1 aromatic carbocycles. The van der Waals surface area contributed by atoms with Crippen molar-refractivity contribution in [2.75, 3.05) is 32.7 Å². The van der Waals surface area contributed by atoms with Gasteiger partial charge in [-0.15, -0.1) is 0 Å². The third-order valence-electron chi connectivity index (χ3n) is 4.39. The number of aromatic nitrogens is 1. The molecule has 1 saturated heterocycles. The molecular formula is C19H24N4O. The second-order valence-corrected chi connectivity index (χ2v) is 6.08. The molecule has 24 heavy (non-hydrogen) atoms. The number of carbonyl (C=O) groups is 1. The SMILES string of the molecule is O=C(NCc1cccnc1)N1CCN(CCc2ccccc2)CC1. The molecule has 2 heterocycles. The Labute approximate surface area is 143 Å². The van der Waals surface area contributed by atoms with Crippen molar-refractivity contribution in [3.8, 4) is 0 Å². The van der Waals surface area contributed by atoms with Gasteiger partial charge in [0.25, 0.3) is 0 Å². The van der Waals surface area contributed by atoms with Gasteiger partial charge >= 0.3 is 6.03 Å². The van der Waals surface area contributed by atoms with Crippen LogP contribution in [0.5, 0.6) is 0 Å². The Hall–Kier alpha value is -2.40. The first-order valence-corrected chi connectivity index (χ1v) is 8.49. The zero-order valence-electron chi connectivity index (χ0n) is 13.9. The van der Waals surface area contributed by atoms with E-state index in [2.05, 4.69) is 39.5 Å². The van der Waals surface area contributed by atoms with E-state index in [1.165, 1.54) is 5.56 Å². The average molecular weight is 324 g/mol. The lowest BCUT2D eigenvalue weighted by Crippen LogP contribution is -2.51. The van der Waals surface area contributed by atoms with E-state index in [-0.39, 0.29) is 6.03 Å². The van der Waals surface area contributed by atoms with Gasteiger partial charge in [0.05, 0.1) is 0 Å². The molecule has 1 N–H and O–H groups in total. The van der Waals surface area contributed by atoms with Gasteiger partial charge < -0.3 is 10.2 Å². The average Bonchev–Trinajstić information content (AvgIpc) is 2.66. The lowest BCUT2D eigenvalue weighted by molar-refractivity contribution is 0.140. The lowest BCUT2D eigenvalue weighted by atomic mass is 10.1. The first kappa shape index (κ1) is 16.5. The molecule has 1 aliphatic rings. The minimum Gasteiger partial charge on any atom is -0.334 e. The monoisotopic (exact) mass is 324 g/mol. The Kier molecular flexibility index (Phi) is 5.80. The van der Waals surface area contributed by atoms with Crippen molar-refractivity contribution in [3.63, 3.8) is 0 Å². The summed E-state index contributed by atoms with van der Waals surface area (Å²) in [5.41, 5.74) is 2.39. The fourth-order valence-electron chi connectivity index (χ4n) is 2.90. The maximum Gasteiger partial charge on any atom is 0.317 e. The molecule has 0 saturated carbocycles. The van der Waals surface area contributed by atoms with Gasteiger partial charge in [-0.25, -0.2) is 4.79 Å². The molecule has 0 bridgehead atoms. The Bertz CT molecular complexity index is 624. The van der Waals surface area contributed by atoms with Gasteiger partial charge in [0, 0.05) is 51.7 Å². The summed E-state index contributed by atoms with van der Waals surface area (Å²) in [5, 5.41) is 2.97. The first-order chi connectivity index (χ1) is 11.8. The van der Waals surface area contributed by atoms with Crippen LogP contribution >= 0.6 is 0 Å². The Morgan fingerprint density at radius 2 is 1.75 bits per heavy atom. The van der Waals surface area contributed by atoms with E-state index in [1.807, 2.05) is 23.1 Å². The number of amides is 2. The maximum atomic E-state index is 12.2. The third-order valence-corrected chi connectivity index (χ3v) is 4.39. The van der Waals surface area contributed by atoms with Crippen molar-refractivity contribution in [2.24, 2.45) is 0 Å². The van der Waals surface area contributed by atoms with Gasteiger partial charge in [-0.2, -0.15) is 0 Å². The molecule has 0 spiro atoms. The van der Waals surface area contributed by atoms with Gasteiger partial charge in [0.2, 0.25) is 0 Å². The summed E-state index contributed by atoms with van der Waals surface area (Å²) in [5.74, 6) is 0. The molecule has 0 unspecified atom stereocenters. The van der Waals surface area contributed by atoms with E-state index in [0.717, 1.165) is 44.7 Å². The van der Waals surface area contributed by atoms with Crippen LogP contribution in [0.2, 0.25) is 0 Å². The summed E-state index contributed by atoms with van der Waals surface area (Å²) in [6, 6.07) is 14.4. The third kappa shape index (κ3) is 4.80. The Morgan fingerprint density at radius 1 is 1.00 bits per heavy atom. The highest BCUT2D eigenvalue weighted by Gasteiger charge is 2.20. The summed E-state index contributed by atoms with van der Waals surface area (Å²) < 4.78 is 0. The fourth-order valence-corrected chi connectivity index (χ4v) is 2.90. The molecule has 5 nitrogen and oxygen atoms in total. The van der Waals surface area contributed by atoms with Gasteiger partial charge in [0.15, 0.2) is 0 Å². The molecule has 126 valence electrons. The number of piperazine rings is 1. The number of carbonyl (C=O) groups excluding carboxylic acids is 1. The fraction of sp³-hybridized carbons (Fsp3) is 0.368. The normalized spacial score (nSPS) is 15.2. The zero-order valence-corrected chi connectivity index (χ0v) is 13.9. The minimum atomic E-state index is 0.0153. The molecule has 0 atom stereocenters. The van der Waals surface area contributed by atoms with Gasteiger partial charge in [0.1, 0.15) is 0 Å². The molecule has 0 aliphatic carbocycles. The van der Waals surface area contributed by atoms with Gasteiger partial charge in [-0.3, -0.25) is 9.88 Å². The van der Waals surface area contributed by atoms with Crippen LogP contribution in [0.25, 0.3) is 0 Å². The number of hydrogen-bond donors (Lipinski definition) is 1. The standard InChI is InChI=1S/C19H24N4O/c24-19(21-16-18-7-4-9-20-15-18)23-13-11-22(12-14-23)10-8-17-5-2-1-3-6-17/h1-7,9,15H,8,10-14,16H2,(H,21,24). The van der Waals surface area contributed by atoms with Crippen LogP contribution in [0.3, 0.4) is 0 Å². The van der Waals surface area contributed by atoms with Crippen LogP contribution in [-0.4, -0.2) is 53.5 Å². The van der Waals surface area contributed by atoms with Crippen molar-refractivity contribution in [3.05, 3.63) is 66.0 Å². The predicted octanol–water partition coefficient (Wildman–Crippen LogP) is 2.15. The van der Waals surface area contributed by atoms with Gasteiger partial charge in [-0.1, -0.05) is 36.4 Å². The largest absolute Gasteiger partial charge is 0.334 e. The van der Waals surface area contributed by atoms with Crippen LogP contribution in [-0.2, 0) is 13.0 Å². The van der Waals surface area contributed by atoms with Crippen molar-refractivity contribution in [1.29, 1.82) is 0 Å². The van der Waals surface area contributed by atoms with Crippen LogP contribution in [0, 0.1) is 0 Å². The minimum absolute atomic E-state index is 0.0153. The summed E-state index contributed by atoms with van der Waals surface area (Å²) >= 11 is 0. The number of urea groups is 1. The number of nitrogens with one attached hydrogen (secondary N) is 1. The zero-order chi connectivity index (χ0) is 16.6. The molecule has 3 rings (SSSR count). The number of hydrogen-bond acceptors (Lipinski definition) is 3. The molecule has 5 heteroatoms. The molecule has 1 aromatic heterocycles. The van der Waals surface area contributed by atoms with Crippen LogP contribution in [0.15, 0.2) is 54.9 Å². The summed E-state index contributed by atoms with van der Waals surface area (Å²) in [7, 11) is 0. The highest BCUT2D eigenvalue weighted by molar-refractivity contribution is 5.74. The Balaban J connectivity index is 1.37. The highest BCUT2D eigenvalue weighted by atomic mass is 16.2. The van der Waals surface area contributed by atoms with E-state index in [0.29, 0.717) is 6.54 Å². The van der Waals surface area contributed by atoms with Crippen molar-refractivity contribution >= 4 is 6.03 Å². The van der Waals surface area contributed by atoms with E-state index in [1.54, 1.807) is 12.4 Å². The second kappa shape index (κ2) is 8.45. The van der Waals surface area contributed by atoms with Crippen molar-refractivity contribution < 1.29 is 4.79 Å². The predicted molar refractivity (Wildman–Crippen MR) is 94.6 cm³/mol. The number of pyridine rings is 1. The topological polar surface area (TPSA) is 48.5 Å². The number of benzene rings is 1. The van der Waals surface area contributed by atoms with Crippen molar-refractivity contribution in [2.45, 2.75) is 13.0 Å². The molecule has 2 aromatic rings. The van der Waals surface area contributed by atoms with Gasteiger partial charge in [-0.05, 0) is 23.6 Å². The summed E-state index contributed by atoms with van der Waals surface area (Å²) in [4.78, 5) is 20.6. The van der Waals surface area contributed by atoms with Crippen molar-refractivity contribution in [1.82, 2.24) is 20.1 Å². The van der Waals surface area contributed by atoms with E-state index < -0.39 is 0 Å². The summed E-state index contributed by atoms with van der Waals surface area (Å²) in [6.45, 7) is 5.03. The molecule has 1 aliphatic heterocycles. The van der Waals surface area contributed by atoms with E-state index in [4.69, 9.17) is 0 Å². The molecule has 2 amide bonds. The van der Waals surface area contributed by atoms with Crippen LogP contribution in [0.4, 0.5) is 4.79 Å². The smallest absolute Gasteiger partial charge is 0.317 e. The maximum absolute atomic E-state index is 12.2. The van der Waals surface area contributed by atoms with E-state index in [9.17, 15) is 4.79 Å².